The molecule has 1 fully saturated rings. The monoisotopic (exact) mass is 475 g/mol. The standard InChI is InChI=1S/C17H18FN5O4.ClHO4/c18-11-3-1-2-10(4-11)7-26-23-9-21-17-15(16(23)19)20-8-22(17)14-5-12(25)13(6-24)27-14;2-1(3,4)5/h1-4,8-9,12-14,19,24-25H,5-7H2;(H,2,3,4,5)/t12-,13+,14+;/m0./s1. The number of nitrogens with zero attached hydrogens (tertiary/aromatic N) is 4. The summed E-state index contributed by atoms with van der Waals surface area (Å²) in [4.78, 5) is 14.2. The van der Waals surface area contributed by atoms with Gasteiger partial charge in [-0.15, -0.1) is 10.2 Å². The average molecular weight is 476 g/mol. The Bertz CT molecular complexity index is 1060. The number of imidazole rings is 1. The normalized spacial score (nSPS) is 20.8. The lowest BCUT2D eigenvalue weighted by Crippen LogP contribution is -2.68. The van der Waals surface area contributed by atoms with Gasteiger partial charge < -0.3 is 25.5 Å². The maximum atomic E-state index is 13.3. The summed E-state index contributed by atoms with van der Waals surface area (Å²) < 4.78 is 55.8. The van der Waals surface area contributed by atoms with Gasteiger partial charge in [-0.2, -0.15) is 0 Å². The zero-order valence-corrected chi connectivity index (χ0v) is 17.0. The second-order valence-corrected chi connectivity index (χ2v) is 7.43. The quantitative estimate of drug-likeness (QED) is 0.297. The number of benzene rings is 1. The fourth-order valence-corrected chi connectivity index (χ4v) is 3.07. The van der Waals surface area contributed by atoms with Gasteiger partial charge in [-0.3, -0.25) is 4.57 Å². The Kier molecular flexibility index (Phi) is 7.37. The molecule has 174 valence electrons. The third-order valence-electron chi connectivity index (χ3n) is 4.49. The van der Waals surface area contributed by atoms with Crippen molar-refractivity contribution >= 4 is 17.0 Å². The van der Waals surface area contributed by atoms with Crippen LogP contribution in [0.3, 0.4) is 0 Å². The number of aliphatic hydroxyl groups excluding tert-OH is 2. The Morgan fingerprint density at radius 2 is 2.03 bits per heavy atom. The predicted octanol–water partition coefficient (Wildman–Crippen LogP) is -5.05. The average Bonchev–Trinajstić information content (AvgIpc) is 3.30. The van der Waals surface area contributed by atoms with Crippen molar-refractivity contribution in [3.63, 3.8) is 0 Å². The topological polar surface area (TPSA) is 212 Å². The molecule has 3 heterocycles. The van der Waals surface area contributed by atoms with Gasteiger partial charge in [-0.1, -0.05) is 21.8 Å². The van der Waals surface area contributed by atoms with Gasteiger partial charge in [0.25, 0.3) is 12.1 Å². The van der Waals surface area contributed by atoms with Crippen molar-refractivity contribution in [3.8, 4) is 0 Å². The van der Waals surface area contributed by atoms with Crippen LogP contribution in [0.1, 0.15) is 18.2 Å². The number of aliphatic hydroxyl groups is 2. The molecule has 3 aromatic rings. The summed E-state index contributed by atoms with van der Waals surface area (Å²) in [5.74, 6) is -0.117. The molecule has 1 aliphatic rings. The van der Waals surface area contributed by atoms with Crippen molar-refractivity contribution < 1.29 is 57.8 Å². The lowest BCUT2D eigenvalue weighted by Gasteiger charge is -2.17. The van der Waals surface area contributed by atoms with E-state index in [1.807, 2.05) is 0 Å². The zero-order chi connectivity index (χ0) is 23.5. The van der Waals surface area contributed by atoms with Crippen molar-refractivity contribution in [2.45, 2.75) is 31.5 Å². The molecule has 1 aliphatic heterocycles. The molecule has 4 N–H and O–H groups in total. The molecule has 0 unspecified atom stereocenters. The number of anilines is 1. The third kappa shape index (κ3) is 5.96. The summed E-state index contributed by atoms with van der Waals surface area (Å²) in [5.41, 5.74) is 7.64. The van der Waals surface area contributed by atoms with Gasteiger partial charge in [0.1, 0.15) is 24.5 Å². The molecule has 3 atom stereocenters. The first kappa shape index (κ1) is 24.0. The Balaban J connectivity index is 0.000000523. The van der Waals surface area contributed by atoms with Crippen molar-refractivity contribution in [3.05, 3.63) is 48.3 Å². The van der Waals surface area contributed by atoms with Crippen molar-refractivity contribution in [1.29, 1.82) is 0 Å². The summed E-state index contributed by atoms with van der Waals surface area (Å²) in [6, 6.07) is 6.06. The summed E-state index contributed by atoms with van der Waals surface area (Å²) >= 11 is 0. The number of nitrogen functional groups attached to an aromatic ring is 1. The van der Waals surface area contributed by atoms with E-state index in [9.17, 15) is 14.6 Å². The number of halogens is 2. The van der Waals surface area contributed by atoms with Crippen LogP contribution in [0.2, 0.25) is 0 Å². The van der Waals surface area contributed by atoms with E-state index in [1.54, 1.807) is 16.7 Å². The first-order chi connectivity index (χ1) is 15.1. The van der Waals surface area contributed by atoms with Crippen molar-refractivity contribution in [2.24, 2.45) is 0 Å². The number of nitrogens with two attached hydrogens (primary N) is 1. The lowest BCUT2D eigenvalue weighted by molar-refractivity contribution is -2.00. The first-order valence-corrected chi connectivity index (χ1v) is 10.3. The highest BCUT2D eigenvalue weighted by atomic mass is 35.7. The van der Waals surface area contributed by atoms with E-state index < -0.39 is 28.7 Å². The minimum Gasteiger partial charge on any atom is -0.394 e. The lowest BCUT2D eigenvalue weighted by atomic mass is 10.2. The van der Waals surface area contributed by atoms with E-state index in [1.165, 1.54) is 29.5 Å². The Labute approximate surface area is 182 Å². The summed E-state index contributed by atoms with van der Waals surface area (Å²) in [7, 11) is -4.94. The number of ether oxygens (including phenoxy) is 1. The molecule has 2 aromatic heterocycles. The largest absolute Gasteiger partial charge is 0.394 e. The highest BCUT2D eigenvalue weighted by molar-refractivity contribution is 5.79. The van der Waals surface area contributed by atoms with Crippen molar-refractivity contribution in [1.82, 2.24) is 14.5 Å². The van der Waals surface area contributed by atoms with Crippen LogP contribution in [0.5, 0.6) is 0 Å². The Morgan fingerprint density at radius 3 is 2.66 bits per heavy atom. The van der Waals surface area contributed by atoms with E-state index in [0.717, 1.165) is 0 Å². The highest BCUT2D eigenvalue weighted by Crippen LogP contribution is 2.30. The molecule has 15 heteroatoms. The molecule has 0 saturated carbocycles. The van der Waals surface area contributed by atoms with E-state index in [0.29, 0.717) is 23.1 Å². The molecule has 0 aliphatic carbocycles. The molecule has 0 spiro atoms. The van der Waals surface area contributed by atoms with Crippen LogP contribution in [0.4, 0.5) is 10.2 Å². The van der Waals surface area contributed by atoms with Gasteiger partial charge >= 0.3 is 0 Å². The molecule has 0 radical (unpaired) electrons. The molecule has 1 saturated heterocycles. The molecular weight excluding hydrogens is 457 g/mol. The minimum absolute atomic E-state index is 0.108. The van der Waals surface area contributed by atoms with Crippen LogP contribution < -0.4 is 33.9 Å². The van der Waals surface area contributed by atoms with Crippen molar-refractivity contribution in [2.75, 3.05) is 12.3 Å². The van der Waals surface area contributed by atoms with Gasteiger partial charge in [-0.05, 0) is 17.7 Å². The first-order valence-electron chi connectivity index (χ1n) is 9.03. The minimum atomic E-state index is -4.94. The second kappa shape index (κ2) is 9.85. The SMILES string of the molecule is Nc1c2ncn([C@H]3C[C@H](O)[C@@H](CO)O3)c2nc[n+]1OCc1cccc(F)c1.[O-][Cl+3]([O-])([O-])[O-]. The maximum Gasteiger partial charge on any atom is 0.289 e. The third-order valence-corrected chi connectivity index (χ3v) is 4.49. The fourth-order valence-electron chi connectivity index (χ4n) is 3.07. The molecule has 1 aromatic carbocycles. The van der Waals surface area contributed by atoms with Gasteiger partial charge in [0.2, 0.25) is 11.2 Å². The van der Waals surface area contributed by atoms with Crippen LogP contribution in [0.15, 0.2) is 36.9 Å². The van der Waals surface area contributed by atoms with Gasteiger partial charge in [0, 0.05) is 6.42 Å². The van der Waals surface area contributed by atoms with E-state index in [4.69, 9.17) is 33.9 Å². The highest BCUT2D eigenvalue weighted by Gasteiger charge is 2.36. The van der Waals surface area contributed by atoms with Crippen LogP contribution in [0, 0.1) is 16.1 Å². The number of hydrogen-bond donors (Lipinski definition) is 3. The van der Waals surface area contributed by atoms with Gasteiger partial charge in [-0.25, -0.2) is 28.0 Å². The Hall–Kier alpha value is -2.69. The molecular formula is C17H19ClFN5O8. The van der Waals surface area contributed by atoms with E-state index in [2.05, 4.69) is 9.97 Å². The number of aromatic nitrogens is 4. The number of rotatable bonds is 5. The molecule has 32 heavy (non-hydrogen) atoms. The zero-order valence-electron chi connectivity index (χ0n) is 16.3. The van der Waals surface area contributed by atoms with E-state index >= 15 is 0 Å². The van der Waals surface area contributed by atoms with Crippen LogP contribution >= 0.6 is 0 Å². The molecule has 0 amide bonds. The fraction of sp³-hybridized carbons (Fsp3) is 0.353. The smallest absolute Gasteiger partial charge is 0.289 e. The summed E-state index contributed by atoms with van der Waals surface area (Å²) in [6.07, 6.45) is 1.30. The van der Waals surface area contributed by atoms with E-state index in [-0.39, 0.29) is 24.8 Å². The Morgan fingerprint density at radius 1 is 1.31 bits per heavy atom. The van der Waals surface area contributed by atoms with Crippen LogP contribution in [-0.4, -0.2) is 43.6 Å². The number of fused-ring (bicyclic) bond motifs is 1. The molecule has 0 bridgehead atoms. The van der Waals surface area contributed by atoms with Gasteiger partial charge in [0.15, 0.2) is 6.61 Å². The molecule has 4 rings (SSSR count). The molecule has 13 nitrogen and oxygen atoms in total. The maximum absolute atomic E-state index is 13.3. The number of hydrogen-bond acceptors (Lipinski definition) is 11. The summed E-state index contributed by atoms with van der Waals surface area (Å²) in [6.45, 7) is -0.162. The van der Waals surface area contributed by atoms with Crippen LogP contribution in [0.25, 0.3) is 11.2 Å². The second-order valence-electron chi connectivity index (χ2n) is 6.68. The predicted molar refractivity (Wildman–Crippen MR) is 90.4 cm³/mol. The van der Waals surface area contributed by atoms with Crippen LogP contribution in [-0.2, 0) is 11.3 Å². The van der Waals surface area contributed by atoms with Gasteiger partial charge in [0.05, 0.1) is 12.7 Å². The summed E-state index contributed by atoms with van der Waals surface area (Å²) in [5, 5.41) is 19.1.